The highest BCUT2D eigenvalue weighted by Gasteiger charge is 2.34. The molecule has 20 heavy (non-hydrogen) atoms. The van der Waals surface area contributed by atoms with E-state index in [0.717, 1.165) is 17.8 Å². The second kappa shape index (κ2) is 5.32. The minimum atomic E-state index is 0.310. The lowest BCUT2D eigenvalue weighted by molar-refractivity contribution is 0.978. The summed E-state index contributed by atoms with van der Waals surface area (Å²) in [5.41, 5.74) is 8.79. The molecule has 1 saturated carbocycles. The fraction of sp³-hybridized carbons (Fsp3) is 0.250. The Kier molecular flexibility index (Phi) is 3.36. The zero-order chi connectivity index (χ0) is 13.9. The first-order valence-electron chi connectivity index (χ1n) is 6.71. The first-order valence-corrected chi connectivity index (χ1v) is 6.71. The monoisotopic (exact) mass is 264 g/mol. The molecule has 0 saturated heterocycles. The highest BCUT2D eigenvalue weighted by Crippen LogP contribution is 2.38. The summed E-state index contributed by atoms with van der Waals surface area (Å²) in [6.45, 7) is 0.658. The van der Waals surface area contributed by atoms with Crippen LogP contribution in [0.1, 0.15) is 29.0 Å². The van der Waals surface area contributed by atoms with E-state index in [2.05, 4.69) is 22.4 Å². The van der Waals surface area contributed by atoms with Crippen LogP contribution in [0.4, 0.5) is 5.82 Å². The molecule has 0 radical (unpaired) electrons. The van der Waals surface area contributed by atoms with E-state index in [0.29, 0.717) is 24.1 Å². The molecule has 3 N–H and O–H groups in total. The largest absolute Gasteiger partial charge is 0.366 e. The van der Waals surface area contributed by atoms with Crippen molar-refractivity contribution in [3.8, 4) is 6.07 Å². The number of rotatable bonds is 4. The average molecular weight is 264 g/mol. The summed E-state index contributed by atoms with van der Waals surface area (Å²) in [5.74, 6) is 1.33. The van der Waals surface area contributed by atoms with E-state index >= 15 is 0 Å². The number of aromatic nitrogens is 1. The molecule has 2 atom stereocenters. The van der Waals surface area contributed by atoms with Crippen LogP contribution >= 0.6 is 0 Å². The molecule has 1 heterocycles. The Bertz CT molecular complexity index is 642. The van der Waals surface area contributed by atoms with E-state index in [1.54, 1.807) is 6.07 Å². The maximum absolute atomic E-state index is 8.86. The summed E-state index contributed by atoms with van der Waals surface area (Å²) >= 11 is 0. The predicted octanol–water partition coefficient (Wildman–Crippen LogP) is 2.38. The zero-order valence-corrected chi connectivity index (χ0v) is 11.1. The molecule has 4 nitrogen and oxygen atoms in total. The number of hydrogen-bond acceptors (Lipinski definition) is 4. The average Bonchev–Trinajstić information content (AvgIpc) is 3.23. The molecule has 0 aliphatic heterocycles. The molecule has 1 aromatic heterocycles. The van der Waals surface area contributed by atoms with Gasteiger partial charge in [-0.3, -0.25) is 0 Å². The molecule has 4 heteroatoms. The molecule has 0 spiro atoms. The highest BCUT2D eigenvalue weighted by molar-refractivity contribution is 5.40. The standard InChI is InChI=1S/C16H16N4/c17-8-11-2-1-3-12(6-11)9-19-16-5-4-13(10-20-16)14-7-15(14)18/h1-6,10,14-15H,7,9,18H2,(H,19,20). The number of nitrogens with one attached hydrogen (secondary N) is 1. The van der Waals surface area contributed by atoms with Crippen LogP contribution in [0.2, 0.25) is 0 Å². The second-order valence-corrected chi connectivity index (χ2v) is 5.15. The topological polar surface area (TPSA) is 74.7 Å². The van der Waals surface area contributed by atoms with Crippen LogP contribution in [0.25, 0.3) is 0 Å². The summed E-state index contributed by atoms with van der Waals surface area (Å²) in [6, 6.07) is 14.1. The molecule has 0 bridgehead atoms. The van der Waals surface area contributed by atoms with Crippen molar-refractivity contribution in [1.82, 2.24) is 4.98 Å². The van der Waals surface area contributed by atoms with Crippen LogP contribution in [0.3, 0.4) is 0 Å². The van der Waals surface area contributed by atoms with Crippen LogP contribution in [0.5, 0.6) is 0 Å². The second-order valence-electron chi connectivity index (χ2n) is 5.15. The first kappa shape index (κ1) is 12.6. The Balaban J connectivity index is 1.62. The Hall–Kier alpha value is -2.38. The van der Waals surface area contributed by atoms with Crippen LogP contribution in [-0.4, -0.2) is 11.0 Å². The lowest BCUT2D eigenvalue weighted by atomic mass is 10.1. The van der Waals surface area contributed by atoms with Crippen LogP contribution in [0, 0.1) is 11.3 Å². The zero-order valence-electron chi connectivity index (χ0n) is 11.1. The summed E-state index contributed by atoms with van der Waals surface area (Å²) in [7, 11) is 0. The highest BCUT2D eigenvalue weighted by atomic mass is 15.0. The minimum Gasteiger partial charge on any atom is -0.366 e. The molecule has 1 aliphatic carbocycles. The van der Waals surface area contributed by atoms with Gasteiger partial charge in [-0.1, -0.05) is 18.2 Å². The predicted molar refractivity (Wildman–Crippen MR) is 78.1 cm³/mol. The van der Waals surface area contributed by atoms with Crippen molar-refractivity contribution in [2.75, 3.05) is 5.32 Å². The number of hydrogen-bond donors (Lipinski definition) is 2. The normalized spacial score (nSPS) is 20.2. The molecule has 3 rings (SSSR count). The Morgan fingerprint density at radius 3 is 2.85 bits per heavy atom. The number of nitriles is 1. The quantitative estimate of drug-likeness (QED) is 0.889. The van der Waals surface area contributed by atoms with Gasteiger partial charge in [0.15, 0.2) is 0 Å². The van der Waals surface area contributed by atoms with E-state index < -0.39 is 0 Å². The van der Waals surface area contributed by atoms with Gasteiger partial charge >= 0.3 is 0 Å². The summed E-state index contributed by atoms with van der Waals surface area (Å²) < 4.78 is 0. The third-order valence-corrected chi connectivity index (χ3v) is 3.58. The number of anilines is 1. The van der Waals surface area contributed by atoms with Crippen molar-refractivity contribution < 1.29 is 0 Å². The molecule has 1 aliphatic rings. The molecule has 2 unspecified atom stereocenters. The lowest BCUT2D eigenvalue weighted by Gasteiger charge is -2.07. The molecular weight excluding hydrogens is 248 g/mol. The van der Waals surface area contributed by atoms with Gasteiger partial charge in [0.2, 0.25) is 0 Å². The fourth-order valence-electron chi connectivity index (χ4n) is 2.27. The SMILES string of the molecule is N#Cc1cccc(CNc2ccc(C3CC3N)cn2)c1. The van der Waals surface area contributed by atoms with E-state index in [1.807, 2.05) is 30.5 Å². The maximum atomic E-state index is 8.86. The number of pyridine rings is 1. The smallest absolute Gasteiger partial charge is 0.126 e. The number of nitrogens with zero attached hydrogens (tertiary/aromatic N) is 2. The minimum absolute atomic E-state index is 0.310. The van der Waals surface area contributed by atoms with Gasteiger partial charge in [0.25, 0.3) is 0 Å². The van der Waals surface area contributed by atoms with Crippen molar-refractivity contribution in [2.24, 2.45) is 5.73 Å². The lowest BCUT2D eigenvalue weighted by Crippen LogP contribution is -2.03. The summed E-state index contributed by atoms with van der Waals surface area (Å²) in [5, 5.41) is 12.1. The maximum Gasteiger partial charge on any atom is 0.126 e. The van der Waals surface area contributed by atoms with Crippen molar-refractivity contribution in [3.63, 3.8) is 0 Å². The van der Waals surface area contributed by atoms with Crippen LogP contribution in [-0.2, 0) is 6.54 Å². The molecule has 100 valence electrons. The van der Waals surface area contributed by atoms with Gasteiger partial charge in [0.05, 0.1) is 11.6 Å². The summed E-state index contributed by atoms with van der Waals surface area (Å²) in [6.07, 6.45) is 2.96. The Morgan fingerprint density at radius 2 is 2.20 bits per heavy atom. The van der Waals surface area contributed by atoms with E-state index in [4.69, 9.17) is 11.0 Å². The first-order chi connectivity index (χ1) is 9.76. The van der Waals surface area contributed by atoms with E-state index in [-0.39, 0.29) is 0 Å². The van der Waals surface area contributed by atoms with Crippen molar-refractivity contribution >= 4 is 5.82 Å². The van der Waals surface area contributed by atoms with Crippen LogP contribution in [0.15, 0.2) is 42.6 Å². The molecule has 1 fully saturated rings. The van der Waals surface area contributed by atoms with Gasteiger partial charge < -0.3 is 11.1 Å². The van der Waals surface area contributed by atoms with Crippen LogP contribution < -0.4 is 11.1 Å². The van der Waals surface area contributed by atoms with E-state index in [9.17, 15) is 0 Å². The fourth-order valence-corrected chi connectivity index (χ4v) is 2.27. The Morgan fingerprint density at radius 1 is 1.35 bits per heavy atom. The van der Waals surface area contributed by atoms with Gasteiger partial charge in [-0.2, -0.15) is 5.26 Å². The van der Waals surface area contributed by atoms with Gasteiger partial charge in [-0.25, -0.2) is 4.98 Å². The number of benzene rings is 1. The molecular formula is C16H16N4. The van der Waals surface area contributed by atoms with Gasteiger partial charge in [-0.15, -0.1) is 0 Å². The third kappa shape index (κ3) is 2.79. The van der Waals surface area contributed by atoms with Crippen molar-refractivity contribution in [1.29, 1.82) is 5.26 Å². The van der Waals surface area contributed by atoms with Gasteiger partial charge in [0, 0.05) is 24.7 Å². The molecule has 0 amide bonds. The van der Waals surface area contributed by atoms with E-state index in [1.165, 1.54) is 5.56 Å². The Labute approximate surface area is 118 Å². The molecule has 2 aromatic rings. The van der Waals surface area contributed by atoms with Gasteiger partial charge in [0.1, 0.15) is 5.82 Å². The van der Waals surface area contributed by atoms with Crippen molar-refractivity contribution in [3.05, 3.63) is 59.3 Å². The van der Waals surface area contributed by atoms with Gasteiger partial charge in [-0.05, 0) is 35.7 Å². The van der Waals surface area contributed by atoms with Crippen molar-refractivity contribution in [2.45, 2.75) is 24.9 Å². The summed E-state index contributed by atoms with van der Waals surface area (Å²) in [4.78, 5) is 4.40. The third-order valence-electron chi connectivity index (χ3n) is 3.58. The number of nitrogens with two attached hydrogens (primary N) is 1. The molecule has 1 aromatic carbocycles.